The number of pyridine rings is 1. The molecule has 4 rings (SSSR count). The van der Waals surface area contributed by atoms with Crippen LogP contribution in [0.15, 0.2) is 54.7 Å². The summed E-state index contributed by atoms with van der Waals surface area (Å²) in [5, 5.41) is 5.46. The Labute approximate surface area is 197 Å². The first kappa shape index (κ1) is 22.9. The maximum atomic E-state index is 13.0. The number of rotatable bonds is 6. The van der Waals surface area contributed by atoms with E-state index in [2.05, 4.69) is 15.6 Å². The van der Waals surface area contributed by atoms with Gasteiger partial charge in [-0.25, -0.2) is 4.79 Å². The Morgan fingerprint density at radius 1 is 0.941 bits per heavy atom. The number of nitrogens with zero attached hydrogens (tertiary/aromatic N) is 2. The van der Waals surface area contributed by atoms with Crippen molar-refractivity contribution in [2.75, 3.05) is 33.1 Å². The summed E-state index contributed by atoms with van der Waals surface area (Å²) in [5.74, 6) is 2.00. The lowest BCUT2D eigenvalue weighted by atomic mass is 10.00. The van der Waals surface area contributed by atoms with Gasteiger partial charge in [-0.2, -0.15) is 0 Å². The van der Waals surface area contributed by atoms with Crippen molar-refractivity contribution < 1.29 is 23.8 Å². The first-order chi connectivity index (χ1) is 16.5. The van der Waals surface area contributed by atoms with Crippen LogP contribution in [0.1, 0.15) is 21.6 Å². The summed E-state index contributed by atoms with van der Waals surface area (Å²) in [7, 11) is 4.67. The normalized spacial score (nSPS) is 12.4. The highest BCUT2D eigenvalue weighted by Crippen LogP contribution is 2.31. The zero-order valence-electron chi connectivity index (χ0n) is 19.3. The highest BCUT2D eigenvalue weighted by molar-refractivity contribution is 5.92. The van der Waals surface area contributed by atoms with Crippen LogP contribution in [0.3, 0.4) is 0 Å². The van der Waals surface area contributed by atoms with Crippen LogP contribution in [0.5, 0.6) is 23.0 Å². The summed E-state index contributed by atoms with van der Waals surface area (Å²) in [4.78, 5) is 30.6. The number of carbonyl (C=O) groups excluding carboxylic acids is 2. The van der Waals surface area contributed by atoms with E-state index >= 15 is 0 Å². The van der Waals surface area contributed by atoms with Crippen LogP contribution in [0.25, 0.3) is 0 Å². The predicted octanol–water partition coefficient (Wildman–Crippen LogP) is 3.84. The molecule has 0 radical (unpaired) electrons. The number of ether oxygens (including phenoxy) is 3. The molecule has 34 heavy (non-hydrogen) atoms. The minimum atomic E-state index is -0.286. The molecule has 0 atom stereocenters. The summed E-state index contributed by atoms with van der Waals surface area (Å²) < 4.78 is 16.5. The zero-order chi connectivity index (χ0) is 24.1. The number of benzene rings is 2. The molecule has 1 aliphatic rings. The van der Waals surface area contributed by atoms with E-state index in [1.54, 1.807) is 56.5 Å². The van der Waals surface area contributed by atoms with Crippen molar-refractivity contribution in [2.45, 2.75) is 13.0 Å². The number of carbonyl (C=O) groups is 2. The largest absolute Gasteiger partial charge is 0.497 e. The lowest BCUT2D eigenvalue weighted by Gasteiger charge is -2.29. The molecule has 9 heteroatoms. The van der Waals surface area contributed by atoms with Crippen molar-refractivity contribution in [3.8, 4) is 23.0 Å². The molecule has 3 aromatic rings. The molecule has 0 saturated heterocycles. The van der Waals surface area contributed by atoms with E-state index in [1.807, 2.05) is 18.2 Å². The Bertz CT molecular complexity index is 1210. The van der Waals surface area contributed by atoms with Gasteiger partial charge >= 0.3 is 6.03 Å². The van der Waals surface area contributed by atoms with Crippen molar-refractivity contribution in [2.24, 2.45) is 0 Å². The van der Waals surface area contributed by atoms with Crippen molar-refractivity contribution in [3.05, 3.63) is 71.5 Å². The molecule has 0 aliphatic carbocycles. The number of hydrogen-bond donors (Lipinski definition) is 2. The average Bonchev–Trinajstić information content (AvgIpc) is 2.88. The predicted molar refractivity (Wildman–Crippen MR) is 127 cm³/mol. The SMILES string of the molecule is CNC(=O)c1cc(Oc2ccc3c(c2)CN(C(=O)Nc2ccc(OC)cc2OC)CC3)ccn1. The summed E-state index contributed by atoms with van der Waals surface area (Å²) in [5.41, 5.74) is 3.01. The topological polar surface area (TPSA) is 102 Å². The molecule has 176 valence electrons. The molecule has 0 saturated carbocycles. The van der Waals surface area contributed by atoms with Gasteiger partial charge < -0.3 is 29.7 Å². The number of methoxy groups -OCH3 is 2. The fourth-order valence-electron chi connectivity index (χ4n) is 3.73. The van der Waals surface area contributed by atoms with Gasteiger partial charge in [-0.05, 0) is 47.9 Å². The monoisotopic (exact) mass is 462 g/mol. The molecule has 0 unspecified atom stereocenters. The van der Waals surface area contributed by atoms with Crippen molar-refractivity contribution >= 4 is 17.6 Å². The van der Waals surface area contributed by atoms with E-state index in [0.29, 0.717) is 41.8 Å². The maximum Gasteiger partial charge on any atom is 0.322 e. The van der Waals surface area contributed by atoms with Crippen LogP contribution < -0.4 is 24.8 Å². The summed E-state index contributed by atoms with van der Waals surface area (Å²) in [6.07, 6.45) is 2.26. The van der Waals surface area contributed by atoms with Gasteiger partial charge in [0.15, 0.2) is 0 Å². The third-order valence-electron chi connectivity index (χ3n) is 5.55. The van der Waals surface area contributed by atoms with Gasteiger partial charge in [0.2, 0.25) is 0 Å². The van der Waals surface area contributed by atoms with E-state index < -0.39 is 0 Å². The number of fused-ring (bicyclic) bond motifs is 1. The molecule has 0 fully saturated rings. The molecule has 1 aromatic heterocycles. The molecule has 3 amide bonds. The highest BCUT2D eigenvalue weighted by atomic mass is 16.5. The van der Waals surface area contributed by atoms with Crippen LogP contribution in [-0.4, -0.2) is 49.6 Å². The Kier molecular flexibility index (Phi) is 6.82. The van der Waals surface area contributed by atoms with Gasteiger partial charge in [0.1, 0.15) is 28.7 Å². The number of aromatic nitrogens is 1. The minimum absolute atomic E-state index is 0.218. The van der Waals surface area contributed by atoms with Crippen molar-refractivity contribution in [1.29, 1.82) is 0 Å². The molecule has 0 spiro atoms. The first-order valence-electron chi connectivity index (χ1n) is 10.8. The molecule has 0 bridgehead atoms. The van der Waals surface area contributed by atoms with Crippen LogP contribution in [0.2, 0.25) is 0 Å². The van der Waals surface area contributed by atoms with Gasteiger partial charge in [0.05, 0.1) is 19.9 Å². The molecule has 2 heterocycles. The van der Waals surface area contributed by atoms with E-state index in [-0.39, 0.29) is 17.6 Å². The third kappa shape index (κ3) is 5.03. The van der Waals surface area contributed by atoms with Gasteiger partial charge in [-0.1, -0.05) is 6.07 Å². The lowest BCUT2D eigenvalue weighted by molar-refractivity contribution is 0.0957. The number of amides is 3. The fraction of sp³-hybridized carbons (Fsp3) is 0.240. The molecular formula is C25H26N4O5. The van der Waals surface area contributed by atoms with Crippen molar-refractivity contribution in [1.82, 2.24) is 15.2 Å². The number of urea groups is 1. The van der Waals surface area contributed by atoms with Gasteiger partial charge in [0, 0.05) is 38.5 Å². The van der Waals surface area contributed by atoms with Crippen LogP contribution >= 0.6 is 0 Å². The van der Waals surface area contributed by atoms with Gasteiger partial charge in [-0.3, -0.25) is 9.78 Å². The van der Waals surface area contributed by atoms with Crippen LogP contribution in [-0.2, 0) is 13.0 Å². The number of anilines is 1. The van der Waals surface area contributed by atoms with Crippen molar-refractivity contribution in [3.63, 3.8) is 0 Å². The second-order valence-electron chi connectivity index (χ2n) is 7.66. The molecule has 1 aliphatic heterocycles. The first-order valence-corrected chi connectivity index (χ1v) is 10.8. The second kappa shape index (κ2) is 10.1. The number of hydrogen-bond acceptors (Lipinski definition) is 6. The van der Waals surface area contributed by atoms with Gasteiger partial charge in [-0.15, -0.1) is 0 Å². The fourth-order valence-corrected chi connectivity index (χ4v) is 3.73. The highest BCUT2D eigenvalue weighted by Gasteiger charge is 2.22. The Morgan fingerprint density at radius 3 is 2.50 bits per heavy atom. The standard InChI is InChI=1S/C25H26N4O5/c1-26-24(30)22-13-20(8-10-27-22)34-19-5-4-16-9-11-29(15-17(16)12-19)25(31)28-21-7-6-18(32-2)14-23(21)33-3/h4-8,10,12-14H,9,11,15H2,1-3H3,(H,26,30)(H,28,31). The zero-order valence-corrected chi connectivity index (χ0v) is 19.3. The third-order valence-corrected chi connectivity index (χ3v) is 5.55. The Morgan fingerprint density at radius 2 is 1.74 bits per heavy atom. The molecule has 9 nitrogen and oxygen atoms in total. The summed E-state index contributed by atoms with van der Waals surface area (Å²) >= 11 is 0. The van der Waals surface area contributed by atoms with Crippen LogP contribution in [0, 0.1) is 0 Å². The lowest BCUT2D eigenvalue weighted by Crippen LogP contribution is -2.38. The summed E-state index contributed by atoms with van der Waals surface area (Å²) in [6.45, 7) is 1.04. The number of nitrogens with one attached hydrogen (secondary N) is 2. The molecule has 2 aromatic carbocycles. The second-order valence-corrected chi connectivity index (χ2v) is 7.66. The van der Waals surface area contributed by atoms with Gasteiger partial charge in [0.25, 0.3) is 5.91 Å². The van der Waals surface area contributed by atoms with E-state index in [0.717, 1.165) is 12.0 Å². The summed E-state index contributed by atoms with van der Waals surface area (Å²) in [6, 6.07) is 14.1. The maximum absolute atomic E-state index is 13.0. The quantitative estimate of drug-likeness (QED) is 0.577. The smallest absolute Gasteiger partial charge is 0.322 e. The molecular weight excluding hydrogens is 436 g/mol. The average molecular weight is 463 g/mol. The minimum Gasteiger partial charge on any atom is -0.497 e. The molecule has 2 N–H and O–H groups in total. The Balaban J connectivity index is 1.47. The van der Waals surface area contributed by atoms with Crippen LogP contribution in [0.4, 0.5) is 10.5 Å². The van der Waals surface area contributed by atoms with E-state index in [9.17, 15) is 9.59 Å². The Hall–Kier alpha value is -4.27. The van der Waals surface area contributed by atoms with E-state index in [1.165, 1.54) is 11.8 Å². The van der Waals surface area contributed by atoms with E-state index in [4.69, 9.17) is 14.2 Å².